The van der Waals surface area contributed by atoms with Crippen LogP contribution >= 0.6 is 0 Å². The summed E-state index contributed by atoms with van der Waals surface area (Å²) >= 11 is 0. The summed E-state index contributed by atoms with van der Waals surface area (Å²) < 4.78 is 0. The molecule has 0 spiro atoms. The maximum atomic E-state index is 10.3. The molecule has 0 aliphatic heterocycles. The summed E-state index contributed by atoms with van der Waals surface area (Å²) in [5, 5.41) is 8.51. The van der Waals surface area contributed by atoms with E-state index in [1.165, 1.54) is 70.6 Å². The van der Waals surface area contributed by atoms with Crippen molar-refractivity contribution in [3.05, 3.63) is 12.2 Å². The smallest absolute Gasteiger partial charge is 1.00 e. The molecule has 0 amide bonds. The zero-order chi connectivity index (χ0) is 14.9. The molecule has 2 nitrogen and oxygen atoms in total. The van der Waals surface area contributed by atoms with Gasteiger partial charge in [0.05, 0.1) is 0 Å². The molecule has 0 aromatic carbocycles. The summed E-state index contributed by atoms with van der Waals surface area (Å²) in [6.07, 6.45) is 21.2. The Balaban J connectivity index is -0.000000602. The van der Waals surface area contributed by atoms with Crippen LogP contribution in [0, 0.1) is 0 Å². The van der Waals surface area contributed by atoms with Gasteiger partial charge in [-0.2, -0.15) is 0 Å². The first-order valence-electron chi connectivity index (χ1n) is 8.64. The fraction of sp³-hybridized carbons (Fsp3) is 0.833. The van der Waals surface area contributed by atoms with Crippen molar-refractivity contribution in [2.75, 3.05) is 0 Å². The number of carboxylic acid groups (broad SMARTS) is 1. The average Bonchev–Trinajstić information content (AvgIpc) is 2.43. The van der Waals surface area contributed by atoms with Gasteiger partial charge in [-0.25, -0.2) is 0 Å². The topological polar surface area (TPSA) is 37.3 Å². The van der Waals surface area contributed by atoms with Crippen LogP contribution in [0.4, 0.5) is 0 Å². The monoisotopic (exact) mass is 422 g/mol. The Morgan fingerprint density at radius 1 is 0.810 bits per heavy atom. The van der Waals surface area contributed by atoms with Crippen LogP contribution in [-0.4, -0.2) is 60.0 Å². The van der Waals surface area contributed by atoms with Gasteiger partial charge in [-0.3, -0.25) is 4.79 Å². The van der Waals surface area contributed by atoms with E-state index in [4.69, 9.17) is 5.11 Å². The van der Waals surface area contributed by atoms with E-state index < -0.39 is 5.97 Å². The van der Waals surface area contributed by atoms with Gasteiger partial charge in [-0.1, -0.05) is 70.4 Å². The Bertz CT molecular complexity index is 249. The molecule has 0 saturated heterocycles. The van der Waals surface area contributed by atoms with Gasteiger partial charge in [-0.05, 0) is 32.1 Å². The molecule has 3 heteroatoms. The number of aliphatic carboxylic acids is 1. The molecule has 21 heavy (non-hydrogen) atoms. The van der Waals surface area contributed by atoms with Crippen molar-refractivity contribution >= 4 is 54.9 Å². The number of rotatable bonds is 15. The van der Waals surface area contributed by atoms with E-state index in [0.717, 1.165) is 12.8 Å². The second kappa shape index (κ2) is 20.8. The molecule has 0 bridgehead atoms. The molecule has 0 aliphatic carbocycles. The van der Waals surface area contributed by atoms with Crippen molar-refractivity contribution in [3.8, 4) is 0 Å². The molecule has 0 aromatic rings. The van der Waals surface area contributed by atoms with Crippen LogP contribution in [0.5, 0.6) is 0 Å². The van der Waals surface area contributed by atoms with E-state index in [1.807, 2.05) is 0 Å². The Hall–Kier alpha value is 0.781. The maximum Gasteiger partial charge on any atom is 2.00 e. The number of hydrogen-bond donors (Lipinski definition) is 1. The normalized spacial score (nSPS) is 10.7. The zero-order valence-electron chi connectivity index (χ0n) is 16.1. The molecule has 0 saturated carbocycles. The van der Waals surface area contributed by atoms with Gasteiger partial charge in [0.15, 0.2) is 0 Å². The van der Waals surface area contributed by atoms with Crippen molar-refractivity contribution < 1.29 is 12.8 Å². The minimum absolute atomic E-state index is 0. The fourth-order valence-corrected chi connectivity index (χ4v) is 2.35. The number of carboxylic acids is 1. The molecule has 122 valence electrons. The average molecular weight is 422 g/mol. The molecule has 0 fully saturated rings. The van der Waals surface area contributed by atoms with Gasteiger partial charge in [0.25, 0.3) is 0 Å². The van der Waals surface area contributed by atoms with Gasteiger partial charge in [0.2, 0.25) is 0 Å². The van der Waals surface area contributed by atoms with Crippen molar-refractivity contribution in [1.29, 1.82) is 0 Å². The van der Waals surface area contributed by atoms with Crippen LogP contribution in [0.25, 0.3) is 0 Å². The molecule has 0 heterocycles. The van der Waals surface area contributed by atoms with Crippen molar-refractivity contribution in [2.24, 2.45) is 0 Å². The quantitative estimate of drug-likeness (QED) is 0.201. The second-order valence-electron chi connectivity index (χ2n) is 5.73. The first kappa shape index (κ1) is 24.0. The van der Waals surface area contributed by atoms with Crippen molar-refractivity contribution in [2.45, 2.75) is 96.8 Å². The third kappa shape index (κ3) is 23.2. The summed E-state index contributed by atoms with van der Waals surface area (Å²) in [6, 6.07) is 0. The van der Waals surface area contributed by atoms with Crippen LogP contribution in [0.15, 0.2) is 12.2 Å². The molecule has 0 atom stereocenters. The fourth-order valence-electron chi connectivity index (χ4n) is 2.35. The molecular weight excluding hydrogens is 386 g/mol. The molecule has 0 radical (unpaired) electrons. The zero-order valence-corrected chi connectivity index (χ0v) is 18.6. The molecule has 0 aliphatic rings. The number of hydrogen-bond acceptors (Lipinski definition) is 1. The SMILES string of the molecule is CCCCCCCC/C=C\CCCCCCCC(=O)O.[Ba+2].[H-].[H-]. The van der Waals surface area contributed by atoms with E-state index >= 15 is 0 Å². The molecule has 1 N–H and O–H groups in total. The van der Waals surface area contributed by atoms with Crippen LogP contribution in [0.1, 0.15) is 99.7 Å². The number of allylic oxidation sites excluding steroid dienone is 2. The number of unbranched alkanes of at least 4 members (excludes halogenated alkanes) is 11. The Labute approximate surface area is 175 Å². The minimum Gasteiger partial charge on any atom is -1.00 e. The van der Waals surface area contributed by atoms with Crippen LogP contribution in [0.2, 0.25) is 0 Å². The summed E-state index contributed by atoms with van der Waals surface area (Å²) in [7, 11) is 0. The van der Waals surface area contributed by atoms with Crippen molar-refractivity contribution in [3.63, 3.8) is 0 Å². The van der Waals surface area contributed by atoms with E-state index in [1.54, 1.807) is 0 Å². The van der Waals surface area contributed by atoms with E-state index in [9.17, 15) is 4.79 Å². The van der Waals surface area contributed by atoms with Gasteiger partial charge >= 0.3 is 54.9 Å². The molecule has 0 unspecified atom stereocenters. The molecule has 0 aromatic heterocycles. The van der Waals surface area contributed by atoms with Gasteiger partial charge in [0.1, 0.15) is 0 Å². The van der Waals surface area contributed by atoms with Crippen LogP contribution in [-0.2, 0) is 4.79 Å². The summed E-state index contributed by atoms with van der Waals surface area (Å²) in [6.45, 7) is 2.26. The van der Waals surface area contributed by atoms with Gasteiger partial charge in [-0.15, -0.1) is 0 Å². The van der Waals surface area contributed by atoms with E-state index in [2.05, 4.69) is 19.1 Å². The maximum absolute atomic E-state index is 10.3. The third-order valence-corrected chi connectivity index (χ3v) is 3.65. The predicted octanol–water partition coefficient (Wildman–Crippen LogP) is 5.95. The van der Waals surface area contributed by atoms with Crippen LogP contribution < -0.4 is 0 Å². The van der Waals surface area contributed by atoms with E-state index in [-0.39, 0.29) is 51.7 Å². The van der Waals surface area contributed by atoms with E-state index in [0.29, 0.717) is 6.42 Å². The Kier molecular flexibility index (Phi) is 23.8. The summed E-state index contributed by atoms with van der Waals surface area (Å²) in [5.41, 5.74) is 0. The third-order valence-electron chi connectivity index (χ3n) is 3.65. The second-order valence-corrected chi connectivity index (χ2v) is 5.73. The largest absolute Gasteiger partial charge is 2.00 e. The summed E-state index contributed by atoms with van der Waals surface area (Å²) in [4.78, 5) is 10.3. The standard InChI is InChI=1S/C18H34O2.Ba.2H/c1-2-3-4-5-6-7-8-9-10-11-12-13-14-15-16-17-18(19)20;;;/h9-10H,2-8,11-17H2,1H3,(H,19,20);;;/q;+2;2*-1/b10-9-;;;. The predicted molar refractivity (Wildman–Crippen MR) is 95.1 cm³/mol. The Morgan fingerprint density at radius 3 is 1.71 bits per heavy atom. The minimum atomic E-state index is -0.664. The van der Waals surface area contributed by atoms with Gasteiger partial charge in [0, 0.05) is 6.42 Å². The number of carbonyl (C=O) groups is 1. The first-order chi connectivity index (χ1) is 9.77. The molecular formula is C18H36BaO2. The first-order valence-corrected chi connectivity index (χ1v) is 8.64. The summed E-state index contributed by atoms with van der Waals surface area (Å²) in [5.74, 6) is -0.664. The Morgan fingerprint density at radius 2 is 1.24 bits per heavy atom. The van der Waals surface area contributed by atoms with Crippen LogP contribution in [0.3, 0.4) is 0 Å². The van der Waals surface area contributed by atoms with Gasteiger partial charge < -0.3 is 7.96 Å². The molecule has 0 rings (SSSR count). The van der Waals surface area contributed by atoms with Crippen molar-refractivity contribution in [1.82, 2.24) is 0 Å².